The van der Waals surface area contributed by atoms with Crippen molar-refractivity contribution < 1.29 is 4.39 Å². The molecular formula is C26H29FN4. The second-order valence-corrected chi connectivity index (χ2v) is 7.88. The number of H-pyrrole nitrogens is 1. The molecule has 4 aromatic rings. The van der Waals surface area contributed by atoms with E-state index < -0.39 is 0 Å². The zero-order valence-corrected chi connectivity index (χ0v) is 18.2. The highest BCUT2D eigenvalue weighted by Crippen LogP contribution is 2.38. The van der Waals surface area contributed by atoms with Gasteiger partial charge in [0.15, 0.2) is 0 Å². The van der Waals surface area contributed by atoms with Crippen molar-refractivity contribution in [1.82, 2.24) is 15.0 Å². The van der Waals surface area contributed by atoms with Crippen LogP contribution in [0.1, 0.15) is 39.5 Å². The number of hydrogen-bond acceptors (Lipinski definition) is 3. The molecule has 0 aliphatic heterocycles. The van der Waals surface area contributed by atoms with Crippen molar-refractivity contribution in [3.8, 4) is 22.4 Å². The van der Waals surface area contributed by atoms with Crippen molar-refractivity contribution in [3.63, 3.8) is 0 Å². The molecule has 3 aromatic heterocycles. The van der Waals surface area contributed by atoms with Gasteiger partial charge in [-0.05, 0) is 72.5 Å². The molecule has 0 radical (unpaired) electrons. The number of aromatic amines is 1. The van der Waals surface area contributed by atoms with Crippen LogP contribution in [0.15, 0.2) is 60.9 Å². The fourth-order valence-electron chi connectivity index (χ4n) is 3.93. The Morgan fingerprint density at radius 2 is 1.52 bits per heavy atom. The van der Waals surface area contributed by atoms with Crippen molar-refractivity contribution in [1.29, 1.82) is 0 Å². The Kier molecular flexibility index (Phi) is 6.60. The minimum Gasteiger partial charge on any atom is -0.357 e. The van der Waals surface area contributed by atoms with Crippen LogP contribution in [0.2, 0.25) is 0 Å². The van der Waals surface area contributed by atoms with Gasteiger partial charge in [0.1, 0.15) is 17.3 Å². The predicted molar refractivity (Wildman–Crippen MR) is 127 cm³/mol. The van der Waals surface area contributed by atoms with E-state index in [0.717, 1.165) is 78.0 Å². The molecule has 0 saturated carbocycles. The van der Waals surface area contributed by atoms with Gasteiger partial charge in [-0.25, -0.2) is 9.37 Å². The van der Waals surface area contributed by atoms with Crippen LogP contribution in [0.4, 0.5) is 10.2 Å². The molecule has 0 amide bonds. The number of hydrogen-bond donors (Lipinski definition) is 1. The van der Waals surface area contributed by atoms with Gasteiger partial charge in [0.2, 0.25) is 0 Å². The van der Waals surface area contributed by atoms with Crippen molar-refractivity contribution in [3.05, 3.63) is 66.7 Å². The van der Waals surface area contributed by atoms with E-state index in [1.54, 1.807) is 24.5 Å². The van der Waals surface area contributed by atoms with Crippen LogP contribution in [-0.4, -0.2) is 28.0 Å². The summed E-state index contributed by atoms with van der Waals surface area (Å²) in [4.78, 5) is 15.1. The molecular weight excluding hydrogens is 387 g/mol. The standard InChI is InChI=1S/C26H29FN4/c1-3-5-17-31(18-6-4-2)23-12-11-22-24(19-13-15-28-16-14-19)25(30-26(22)29-23)20-7-9-21(27)10-8-20/h7-16H,3-6,17-18H2,1-2H3,(H,29,30). The van der Waals surface area contributed by atoms with Gasteiger partial charge in [0, 0.05) is 36.4 Å². The quantitative estimate of drug-likeness (QED) is 0.325. The first-order valence-corrected chi connectivity index (χ1v) is 11.1. The van der Waals surface area contributed by atoms with E-state index in [9.17, 15) is 4.39 Å². The molecule has 0 aliphatic carbocycles. The Morgan fingerprint density at radius 3 is 2.16 bits per heavy atom. The smallest absolute Gasteiger partial charge is 0.140 e. The second-order valence-electron chi connectivity index (χ2n) is 7.88. The molecule has 0 saturated heterocycles. The molecule has 3 heterocycles. The first kappa shape index (κ1) is 21.0. The largest absolute Gasteiger partial charge is 0.357 e. The van der Waals surface area contributed by atoms with Crippen molar-refractivity contribution >= 4 is 16.9 Å². The van der Waals surface area contributed by atoms with Gasteiger partial charge in [-0.1, -0.05) is 26.7 Å². The van der Waals surface area contributed by atoms with Gasteiger partial charge in [-0.2, -0.15) is 0 Å². The summed E-state index contributed by atoms with van der Waals surface area (Å²) in [6.07, 6.45) is 8.21. The molecule has 0 bridgehead atoms. The van der Waals surface area contributed by atoms with E-state index in [1.807, 2.05) is 12.1 Å². The van der Waals surface area contributed by atoms with Gasteiger partial charge in [0.25, 0.3) is 0 Å². The van der Waals surface area contributed by atoms with E-state index >= 15 is 0 Å². The number of nitrogens with one attached hydrogen (secondary N) is 1. The summed E-state index contributed by atoms with van der Waals surface area (Å²) in [5.41, 5.74) is 4.85. The highest BCUT2D eigenvalue weighted by molar-refractivity contribution is 6.02. The maximum absolute atomic E-state index is 13.5. The van der Waals surface area contributed by atoms with E-state index in [2.05, 4.69) is 40.8 Å². The Labute approximate surface area is 183 Å². The number of fused-ring (bicyclic) bond motifs is 1. The summed E-state index contributed by atoms with van der Waals surface area (Å²) in [6, 6.07) is 14.9. The molecule has 5 heteroatoms. The number of pyridine rings is 2. The van der Waals surface area contributed by atoms with Crippen LogP contribution in [0.5, 0.6) is 0 Å². The maximum atomic E-state index is 13.5. The van der Waals surface area contributed by atoms with E-state index in [0.29, 0.717) is 0 Å². The molecule has 4 rings (SSSR count). The Hall–Kier alpha value is -3.21. The zero-order chi connectivity index (χ0) is 21.6. The van der Waals surface area contributed by atoms with Gasteiger partial charge in [-0.15, -0.1) is 0 Å². The van der Waals surface area contributed by atoms with Crippen LogP contribution < -0.4 is 4.90 Å². The van der Waals surface area contributed by atoms with Crippen LogP contribution in [0.3, 0.4) is 0 Å². The molecule has 0 aliphatic rings. The molecule has 4 nitrogen and oxygen atoms in total. The number of aromatic nitrogens is 3. The van der Waals surface area contributed by atoms with Crippen LogP contribution in [0, 0.1) is 5.82 Å². The molecule has 0 spiro atoms. The van der Waals surface area contributed by atoms with E-state index in [1.165, 1.54) is 12.1 Å². The minimum absolute atomic E-state index is 0.242. The number of nitrogens with zero attached hydrogens (tertiary/aromatic N) is 3. The first-order valence-electron chi connectivity index (χ1n) is 11.1. The van der Waals surface area contributed by atoms with Gasteiger partial charge >= 0.3 is 0 Å². The summed E-state index contributed by atoms with van der Waals surface area (Å²) in [5, 5.41) is 1.06. The maximum Gasteiger partial charge on any atom is 0.140 e. The molecule has 1 N–H and O–H groups in total. The van der Waals surface area contributed by atoms with Crippen LogP contribution in [-0.2, 0) is 0 Å². The Morgan fingerprint density at radius 1 is 0.839 bits per heavy atom. The minimum atomic E-state index is -0.242. The molecule has 0 atom stereocenters. The van der Waals surface area contributed by atoms with E-state index in [-0.39, 0.29) is 5.82 Å². The average molecular weight is 417 g/mol. The fraction of sp³-hybridized carbons (Fsp3) is 0.308. The van der Waals surface area contributed by atoms with E-state index in [4.69, 9.17) is 4.98 Å². The SMILES string of the molecule is CCCCN(CCCC)c1ccc2c(-c3ccncc3)c(-c3ccc(F)cc3)[nH]c2n1. The second kappa shape index (κ2) is 9.73. The fourth-order valence-corrected chi connectivity index (χ4v) is 3.93. The monoisotopic (exact) mass is 416 g/mol. The highest BCUT2D eigenvalue weighted by atomic mass is 19.1. The molecule has 1 aromatic carbocycles. The normalized spacial score (nSPS) is 11.2. The van der Waals surface area contributed by atoms with Crippen molar-refractivity contribution in [2.45, 2.75) is 39.5 Å². The lowest BCUT2D eigenvalue weighted by atomic mass is 10.00. The van der Waals surface area contributed by atoms with Gasteiger partial charge in [-0.3, -0.25) is 4.98 Å². The predicted octanol–water partition coefficient (Wildman–Crippen LogP) is 6.84. The lowest BCUT2D eigenvalue weighted by Gasteiger charge is -2.23. The molecule has 160 valence electrons. The lowest BCUT2D eigenvalue weighted by molar-refractivity contribution is 0.628. The summed E-state index contributed by atoms with van der Waals surface area (Å²) in [7, 11) is 0. The van der Waals surface area contributed by atoms with Crippen LogP contribution in [0.25, 0.3) is 33.4 Å². The van der Waals surface area contributed by atoms with Gasteiger partial charge < -0.3 is 9.88 Å². The molecule has 0 unspecified atom stereocenters. The summed E-state index contributed by atoms with van der Waals surface area (Å²) in [5.74, 6) is 0.760. The highest BCUT2D eigenvalue weighted by Gasteiger charge is 2.18. The van der Waals surface area contributed by atoms with Gasteiger partial charge in [0.05, 0.1) is 5.69 Å². The topological polar surface area (TPSA) is 44.8 Å². The van der Waals surface area contributed by atoms with Crippen molar-refractivity contribution in [2.75, 3.05) is 18.0 Å². The molecule has 0 fully saturated rings. The Balaban J connectivity index is 1.83. The number of halogens is 1. The van der Waals surface area contributed by atoms with Crippen LogP contribution >= 0.6 is 0 Å². The van der Waals surface area contributed by atoms with Crippen molar-refractivity contribution in [2.24, 2.45) is 0 Å². The third-order valence-corrected chi connectivity index (χ3v) is 5.63. The number of anilines is 1. The lowest BCUT2D eigenvalue weighted by Crippen LogP contribution is -2.26. The Bertz CT molecular complexity index is 1110. The average Bonchev–Trinajstić information content (AvgIpc) is 3.19. The summed E-state index contributed by atoms with van der Waals surface area (Å²) >= 11 is 0. The summed E-state index contributed by atoms with van der Waals surface area (Å²) < 4.78 is 13.5. The zero-order valence-electron chi connectivity index (χ0n) is 18.2. The number of unbranched alkanes of at least 4 members (excludes halogenated alkanes) is 2. The third-order valence-electron chi connectivity index (χ3n) is 5.63. The first-order chi connectivity index (χ1) is 15.2. The number of benzene rings is 1. The molecule has 31 heavy (non-hydrogen) atoms. The summed E-state index contributed by atoms with van der Waals surface area (Å²) in [6.45, 7) is 6.46. The number of rotatable bonds is 9. The third kappa shape index (κ3) is 4.61.